The summed E-state index contributed by atoms with van der Waals surface area (Å²) in [6.07, 6.45) is 0. The van der Waals surface area contributed by atoms with Crippen molar-refractivity contribution >= 4 is 46.6 Å². The summed E-state index contributed by atoms with van der Waals surface area (Å²) in [4.78, 5) is 0. The normalized spacial score (nSPS) is 16.1. The Labute approximate surface area is 155 Å². The van der Waals surface area contributed by atoms with Crippen LogP contribution >= 0.6 is 0 Å². The van der Waals surface area contributed by atoms with Crippen LogP contribution in [0, 0.1) is 11.3 Å². The molecule has 0 fully saturated rings. The summed E-state index contributed by atoms with van der Waals surface area (Å²) in [5, 5.41) is 9.92. The van der Waals surface area contributed by atoms with E-state index in [9.17, 15) is 5.26 Å². The first-order valence-corrected chi connectivity index (χ1v) is 27.1. The molecule has 1 atom stereocenters. The molecule has 1 radical (unpaired) electrons. The van der Waals surface area contributed by atoms with Crippen molar-refractivity contribution in [1.29, 1.82) is 5.26 Å². The van der Waals surface area contributed by atoms with Crippen LogP contribution in [0.5, 0.6) is 0 Å². The van der Waals surface area contributed by atoms with Crippen LogP contribution in [0.1, 0.15) is 6.92 Å². The zero-order chi connectivity index (χ0) is 19.0. The van der Waals surface area contributed by atoms with Crippen LogP contribution in [-0.4, -0.2) is 46.6 Å². The summed E-state index contributed by atoms with van der Waals surface area (Å²) in [6.45, 7) is 33.5. The first kappa shape index (κ1) is 23.9. The van der Waals surface area contributed by atoms with E-state index in [1.54, 1.807) is 0 Å². The molecule has 0 aromatic carbocycles. The van der Waals surface area contributed by atoms with Gasteiger partial charge in [0.2, 0.25) is 0 Å². The van der Waals surface area contributed by atoms with E-state index in [1.165, 1.54) is 0 Å². The Hall–Kier alpha value is 0.900. The predicted molar refractivity (Wildman–Crippen MR) is 122 cm³/mol. The predicted octanol–water partition coefficient (Wildman–Crippen LogP) is 6.64. The fourth-order valence-corrected chi connectivity index (χ4v) is 70.5. The van der Waals surface area contributed by atoms with Crippen molar-refractivity contribution in [3.63, 3.8) is 0 Å². The SMILES string of the molecule is C[CH](C#N)[Ge]([CH]([Si](C)(C)C)[Si](C)(C)C)[CH]([Si](C)(C)C)[Si](C)(C)C. The second-order valence-corrected chi connectivity index (χ2v) is 45.3. The quantitative estimate of drug-likeness (QED) is 0.403. The zero-order valence-electron chi connectivity index (χ0n) is 18.2. The Morgan fingerprint density at radius 2 is 0.826 bits per heavy atom. The van der Waals surface area contributed by atoms with Gasteiger partial charge in [-0.3, -0.25) is 0 Å². The first-order valence-electron chi connectivity index (χ1n) is 9.11. The van der Waals surface area contributed by atoms with Crippen molar-refractivity contribution in [2.75, 3.05) is 0 Å². The van der Waals surface area contributed by atoms with Gasteiger partial charge in [0.1, 0.15) is 0 Å². The van der Waals surface area contributed by atoms with E-state index < -0.39 is 46.6 Å². The number of hydrogen-bond donors (Lipinski definition) is 0. The molecule has 0 aliphatic rings. The molecular weight excluding hydrogens is 403 g/mol. The van der Waals surface area contributed by atoms with E-state index in [4.69, 9.17) is 0 Å². The van der Waals surface area contributed by atoms with E-state index in [2.05, 4.69) is 91.6 Å². The molecule has 1 nitrogen and oxygen atoms in total. The number of rotatable bonds is 7. The monoisotopic (exact) mass is 446 g/mol. The molecule has 0 aliphatic carbocycles. The Morgan fingerprint density at radius 1 is 0.609 bits per heavy atom. The summed E-state index contributed by atoms with van der Waals surface area (Å²) in [5.41, 5.74) is 0. The molecule has 0 N–H and O–H groups in total. The van der Waals surface area contributed by atoms with Gasteiger partial charge in [0.15, 0.2) is 0 Å². The molecule has 135 valence electrons. The molecule has 0 aromatic heterocycles. The minimum atomic E-state index is -1.53. The van der Waals surface area contributed by atoms with Crippen molar-refractivity contribution in [2.24, 2.45) is 0 Å². The summed E-state index contributed by atoms with van der Waals surface area (Å²) in [6, 6.07) is 2.78. The van der Waals surface area contributed by atoms with E-state index in [0.29, 0.717) is 4.75 Å². The molecule has 0 aromatic rings. The van der Waals surface area contributed by atoms with Gasteiger partial charge in [-0.15, -0.1) is 0 Å². The van der Waals surface area contributed by atoms with Crippen LogP contribution in [-0.2, 0) is 0 Å². The minimum absolute atomic E-state index is 0.363. The van der Waals surface area contributed by atoms with Gasteiger partial charge in [0.25, 0.3) is 0 Å². The van der Waals surface area contributed by atoms with Crippen molar-refractivity contribution < 1.29 is 0 Å². The topological polar surface area (TPSA) is 23.8 Å². The molecule has 0 rings (SSSR count). The van der Waals surface area contributed by atoms with Gasteiger partial charge in [0.05, 0.1) is 0 Å². The molecule has 0 spiro atoms. The van der Waals surface area contributed by atoms with Gasteiger partial charge in [0, 0.05) is 0 Å². The fraction of sp³-hybridized carbons (Fsp3) is 0.941. The van der Waals surface area contributed by atoms with Crippen LogP contribution in [0.4, 0.5) is 0 Å². The van der Waals surface area contributed by atoms with Gasteiger partial charge in [-0.1, -0.05) is 0 Å². The Balaban J connectivity index is 6.48. The maximum atomic E-state index is 9.92. The van der Waals surface area contributed by atoms with Gasteiger partial charge in [-0.25, -0.2) is 0 Å². The van der Waals surface area contributed by atoms with Crippen molar-refractivity contribution in [2.45, 2.75) is 98.2 Å². The summed E-state index contributed by atoms with van der Waals surface area (Å²) in [7, 11) is -5.02. The van der Waals surface area contributed by atoms with Crippen LogP contribution < -0.4 is 0 Å². The molecule has 6 heteroatoms. The number of nitrogens with zero attached hydrogens (tertiary/aromatic N) is 1. The van der Waals surface area contributed by atoms with Crippen LogP contribution in [0.2, 0.25) is 91.3 Å². The Kier molecular flexibility index (Phi) is 7.95. The standard InChI is InChI=1S/C17H42GeNSi4/c1-15(14-19)18(16(20(2,3)4)21(5,6)7)17(22(8,9)10)23(11,12)13/h15-17H,1-13H3. The number of hydrogen-bond acceptors (Lipinski definition) is 1. The van der Waals surface area contributed by atoms with Crippen molar-refractivity contribution in [3.05, 3.63) is 0 Å². The Morgan fingerprint density at radius 3 is 0.957 bits per heavy atom. The van der Waals surface area contributed by atoms with Crippen LogP contribution in [0.15, 0.2) is 0 Å². The molecule has 0 heterocycles. The van der Waals surface area contributed by atoms with Crippen LogP contribution in [0.25, 0.3) is 0 Å². The van der Waals surface area contributed by atoms with Crippen molar-refractivity contribution in [1.82, 2.24) is 0 Å². The van der Waals surface area contributed by atoms with Gasteiger partial charge in [-0.05, 0) is 0 Å². The fourth-order valence-electron chi connectivity index (χ4n) is 5.34. The molecule has 0 amide bonds. The van der Waals surface area contributed by atoms with E-state index in [0.717, 1.165) is 7.99 Å². The van der Waals surface area contributed by atoms with Crippen LogP contribution in [0.3, 0.4) is 0 Å². The number of nitriles is 1. The van der Waals surface area contributed by atoms with Gasteiger partial charge >= 0.3 is 156 Å². The second kappa shape index (κ2) is 7.65. The molecule has 0 saturated carbocycles. The maximum absolute atomic E-state index is 9.92. The third-order valence-corrected chi connectivity index (χ3v) is 56.0. The molecule has 1 unspecified atom stereocenters. The van der Waals surface area contributed by atoms with Gasteiger partial charge < -0.3 is 0 Å². The first-order chi connectivity index (χ1) is 9.85. The van der Waals surface area contributed by atoms with Gasteiger partial charge in [-0.2, -0.15) is 0 Å². The van der Waals surface area contributed by atoms with E-state index in [-0.39, 0.29) is 0 Å². The zero-order valence-corrected chi connectivity index (χ0v) is 24.3. The van der Waals surface area contributed by atoms with E-state index in [1.807, 2.05) is 0 Å². The average Bonchev–Trinajstić information content (AvgIpc) is 2.18. The molecule has 23 heavy (non-hydrogen) atoms. The molecule has 0 bridgehead atoms. The molecular formula is C17H42GeNSi4. The summed E-state index contributed by atoms with van der Waals surface area (Å²) in [5.74, 6) is 0. The third-order valence-electron chi connectivity index (χ3n) is 4.82. The Bertz CT molecular complexity index is 372. The molecule has 0 saturated heterocycles. The second-order valence-electron chi connectivity index (χ2n) is 11.7. The summed E-state index contributed by atoms with van der Waals surface area (Å²) < 4.78 is 2.35. The third kappa shape index (κ3) is 6.61. The molecule has 0 aliphatic heterocycles. The van der Waals surface area contributed by atoms with Crippen molar-refractivity contribution in [3.8, 4) is 6.07 Å². The summed E-state index contributed by atoms with van der Waals surface area (Å²) >= 11 is -1.53. The average molecular weight is 445 g/mol. The van der Waals surface area contributed by atoms with E-state index >= 15 is 0 Å².